The molecule has 4 heteroatoms. The van der Waals surface area contributed by atoms with Crippen molar-refractivity contribution in [3.63, 3.8) is 0 Å². The van der Waals surface area contributed by atoms with E-state index < -0.39 is 0 Å². The van der Waals surface area contributed by atoms with Gasteiger partial charge in [0.05, 0.1) is 13.2 Å². The molecule has 0 spiro atoms. The highest BCUT2D eigenvalue weighted by Gasteiger charge is 2.16. The summed E-state index contributed by atoms with van der Waals surface area (Å²) >= 11 is 0. The molecular weight excluding hydrogens is 156 g/mol. The van der Waals surface area contributed by atoms with Gasteiger partial charge in [-0.3, -0.25) is 9.63 Å². The van der Waals surface area contributed by atoms with Gasteiger partial charge < -0.3 is 5.32 Å². The molecule has 1 amide bonds. The first-order valence-corrected chi connectivity index (χ1v) is 4.48. The molecule has 4 nitrogen and oxygen atoms in total. The molecule has 0 saturated carbocycles. The van der Waals surface area contributed by atoms with Crippen molar-refractivity contribution in [2.75, 3.05) is 26.2 Å². The number of amides is 1. The Balaban J connectivity index is 2.20. The van der Waals surface area contributed by atoms with Crippen LogP contribution in [0.1, 0.15) is 19.8 Å². The molecule has 1 aliphatic rings. The van der Waals surface area contributed by atoms with Crippen molar-refractivity contribution >= 4 is 5.91 Å². The maximum atomic E-state index is 11.3. The van der Waals surface area contributed by atoms with Crippen LogP contribution in [0.15, 0.2) is 0 Å². The molecule has 1 aliphatic heterocycles. The van der Waals surface area contributed by atoms with E-state index >= 15 is 0 Å². The van der Waals surface area contributed by atoms with E-state index in [1.165, 1.54) is 5.06 Å². The molecule has 0 radical (unpaired) electrons. The Hall–Kier alpha value is -0.610. The molecule has 0 aliphatic carbocycles. The number of likely N-dealkylation sites (N-methyl/N-ethyl adjacent to an activating group) is 1. The van der Waals surface area contributed by atoms with Gasteiger partial charge in [-0.2, -0.15) is 0 Å². The van der Waals surface area contributed by atoms with Crippen LogP contribution in [0.4, 0.5) is 0 Å². The van der Waals surface area contributed by atoms with Crippen molar-refractivity contribution in [3.05, 3.63) is 0 Å². The summed E-state index contributed by atoms with van der Waals surface area (Å²) in [6.45, 7) is 4.60. The largest absolute Gasteiger partial charge is 0.309 e. The normalized spacial score (nSPS) is 17.9. The third kappa shape index (κ3) is 2.79. The number of nitrogens with one attached hydrogen (secondary N) is 1. The van der Waals surface area contributed by atoms with Crippen LogP contribution in [0.25, 0.3) is 0 Å². The molecular formula is C8H16N2O2. The first kappa shape index (κ1) is 9.48. The summed E-state index contributed by atoms with van der Waals surface area (Å²) in [5.41, 5.74) is 0. The van der Waals surface area contributed by atoms with E-state index in [4.69, 9.17) is 4.84 Å². The Labute approximate surface area is 72.8 Å². The molecule has 0 aromatic rings. The number of carbonyl (C=O) groups excluding carboxylic acids is 1. The zero-order valence-corrected chi connectivity index (χ0v) is 7.51. The lowest BCUT2D eigenvalue weighted by Gasteiger charge is -2.25. The highest BCUT2D eigenvalue weighted by Crippen LogP contribution is 2.04. The molecule has 0 unspecified atom stereocenters. The molecule has 0 atom stereocenters. The summed E-state index contributed by atoms with van der Waals surface area (Å²) < 4.78 is 0. The number of carbonyl (C=O) groups is 1. The van der Waals surface area contributed by atoms with Crippen molar-refractivity contribution in [1.82, 2.24) is 10.4 Å². The van der Waals surface area contributed by atoms with Crippen LogP contribution in [0, 0.1) is 0 Å². The van der Waals surface area contributed by atoms with Crippen LogP contribution in [0.3, 0.4) is 0 Å². The van der Waals surface area contributed by atoms with Gasteiger partial charge in [-0.15, -0.1) is 0 Å². The van der Waals surface area contributed by atoms with Gasteiger partial charge in [0.15, 0.2) is 0 Å². The first-order chi connectivity index (χ1) is 5.84. The molecule has 0 aromatic heterocycles. The highest BCUT2D eigenvalue weighted by molar-refractivity contribution is 5.77. The second-order valence-electron chi connectivity index (χ2n) is 2.82. The molecule has 1 N–H and O–H groups in total. The SMILES string of the molecule is CCNCC(=O)N1CCCCO1. The zero-order valence-electron chi connectivity index (χ0n) is 7.51. The number of hydroxylamine groups is 2. The van der Waals surface area contributed by atoms with Gasteiger partial charge in [-0.25, -0.2) is 5.06 Å². The maximum absolute atomic E-state index is 11.3. The van der Waals surface area contributed by atoms with Gasteiger partial charge in [0.1, 0.15) is 0 Å². The van der Waals surface area contributed by atoms with Gasteiger partial charge in [-0.05, 0) is 19.4 Å². The smallest absolute Gasteiger partial charge is 0.260 e. The fourth-order valence-corrected chi connectivity index (χ4v) is 1.11. The number of rotatable bonds is 3. The van der Waals surface area contributed by atoms with Gasteiger partial charge >= 0.3 is 0 Å². The Morgan fingerprint density at radius 2 is 2.42 bits per heavy atom. The maximum Gasteiger partial charge on any atom is 0.260 e. The fraction of sp³-hybridized carbons (Fsp3) is 0.875. The molecule has 1 fully saturated rings. The molecule has 1 saturated heterocycles. The monoisotopic (exact) mass is 172 g/mol. The first-order valence-electron chi connectivity index (χ1n) is 4.48. The Morgan fingerprint density at radius 3 is 3.00 bits per heavy atom. The van der Waals surface area contributed by atoms with Crippen molar-refractivity contribution < 1.29 is 9.63 Å². The Bertz CT molecular complexity index is 144. The van der Waals surface area contributed by atoms with Crippen LogP contribution in [0.2, 0.25) is 0 Å². The van der Waals surface area contributed by atoms with Crippen LogP contribution in [0.5, 0.6) is 0 Å². The van der Waals surface area contributed by atoms with Crippen molar-refractivity contribution in [1.29, 1.82) is 0 Å². The predicted molar refractivity (Wildman–Crippen MR) is 45.4 cm³/mol. The van der Waals surface area contributed by atoms with Crippen LogP contribution in [-0.2, 0) is 9.63 Å². The number of hydrogen-bond acceptors (Lipinski definition) is 3. The summed E-state index contributed by atoms with van der Waals surface area (Å²) in [4.78, 5) is 16.5. The van der Waals surface area contributed by atoms with Gasteiger partial charge in [-0.1, -0.05) is 6.92 Å². The molecule has 12 heavy (non-hydrogen) atoms. The van der Waals surface area contributed by atoms with E-state index in [0.717, 1.165) is 25.9 Å². The van der Waals surface area contributed by atoms with E-state index in [-0.39, 0.29) is 5.91 Å². The van der Waals surface area contributed by atoms with E-state index in [1.54, 1.807) is 0 Å². The number of nitrogens with zero attached hydrogens (tertiary/aromatic N) is 1. The predicted octanol–water partition coefficient (Wildman–Crippen LogP) is 0.150. The molecule has 70 valence electrons. The van der Waals surface area contributed by atoms with Crippen molar-refractivity contribution in [3.8, 4) is 0 Å². The summed E-state index contributed by atoms with van der Waals surface area (Å²) in [7, 11) is 0. The third-order valence-electron chi connectivity index (χ3n) is 1.81. The van der Waals surface area contributed by atoms with Crippen LogP contribution < -0.4 is 5.32 Å². The lowest BCUT2D eigenvalue weighted by atomic mass is 10.3. The minimum Gasteiger partial charge on any atom is -0.309 e. The Morgan fingerprint density at radius 1 is 1.58 bits per heavy atom. The minimum absolute atomic E-state index is 0.0385. The lowest BCUT2D eigenvalue weighted by Crippen LogP contribution is -2.41. The van der Waals surface area contributed by atoms with E-state index in [0.29, 0.717) is 13.2 Å². The van der Waals surface area contributed by atoms with E-state index in [1.807, 2.05) is 6.92 Å². The average molecular weight is 172 g/mol. The summed E-state index contributed by atoms with van der Waals surface area (Å²) in [6, 6.07) is 0. The van der Waals surface area contributed by atoms with E-state index in [2.05, 4.69) is 5.32 Å². The van der Waals surface area contributed by atoms with Gasteiger partial charge in [0, 0.05) is 6.54 Å². The second-order valence-corrected chi connectivity index (χ2v) is 2.82. The van der Waals surface area contributed by atoms with Gasteiger partial charge in [0.25, 0.3) is 5.91 Å². The van der Waals surface area contributed by atoms with Crippen molar-refractivity contribution in [2.45, 2.75) is 19.8 Å². The molecule has 0 bridgehead atoms. The quantitative estimate of drug-likeness (QED) is 0.659. The summed E-state index contributed by atoms with van der Waals surface area (Å²) in [5.74, 6) is 0.0385. The molecule has 1 heterocycles. The summed E-state index contributed by atoms with van der Waals surface area (Å²) in [5, 5.41) is 4.44. The number of hydrogen-bond donors (Lipinski definition) is 1. The fourth-order valence-electron chi connectivity index (χ4n) is 1.11. The summed E-state index contributed by atoms with van der Waals surface area (Å²) in [6.07, 6.45) is 2.11. The molecule has 0 aromatic carbocycles. The minimum atomic E-state index is 0.0385. The van der Waals surface area contributed by atoms with Crippen molar-refractivity contribution in [2.24, 2.45) is 0 Å². The standard InChI is InChI=1S/C8H16N2O2/c1-2-9-7-8(11)10-5-3-4-6-12-10/h9H,2-7H2,1H3. The van der Waals surface area contributed by atoms with Gasteiger partial charge in [0.2, 0.25) is 0 Å². The average Bonchev–Trinajstić information content (AvgIpc) is 2.15. The lowest BCUT2D eigenvalue weighted by molar-refractivity contribution is -0.196. The van der Waals surface area contributed by atoms with Crippen LogP contribution in [-0.4, -0.2) is 37.2 Å². The van der Waals surface area contributed by atoms with Crippen LogP contribution >= 0.6 is 0 Å². The zero-order chi connectivity index (χ0) is 8.81. The topological polar surface area (TPSA) is 41.6 Å². The van der Waals surface area contributed by atoms with E-state index in [9.17, 15) is 4.79 Å². The third-order valence-corrected chi connectivity index (χ3v) is 1.81. The Kier molecular flexibility index (Phi) is 4.04. The highest BCUT2D eigenvalue weighted by atomic mass is 16.7. The second kappa shape index (κ2) is 5.11. The molecule has 1 rings (SSSR count).